The SMILES string of the molecule is CC(=O)OC(C)=O.CC(=O)OC(C)c1ccc(-c2cccc(Nc3cc(C)ccn3)n2)s1.Cc1ccnc(Nc2cccc(-c3ccc(C(C)O)s3)n2)c1. The number of aliphatic hydroxyl groups excluding tert-OH is 1. The molecule has 2 atom stereocenters. The van der Waals surface area contributed by atoms with E-state index in [4.69, 9.17) is 4.74 Å². The van der Waals surface area contributed by atoms with Gasteiger partial charge in [-0.3, -0.25) is 14.4 Å². The first-order valence-corrected chi connectivity index (χ1v) is 18.5. The summed E-state index contributed by atoms with van der Waals surface area (Å²) in [4.78, 5) is 52.6. The van der Waals surface area contributed by atoms with Crippen LogP contribution in [0.1, 0.15) is 67.7 Å². The third-order valence-corrected chi connectivity index (χ3v) is 9.59. The molecule has 6 aromatic rings. The van der Waals surface area contributed by atoms with Gasteiger partial charge in [-0.05, 0) is 112 Å². The molecular formula is C40H42N6O6S2. The van der Waals surface area contributed by atoms with Crippen LogP contribution in [-0.2, 0) is 23.9 Å². The number of carbonyl (C=O) groups excluding carboxylic acids is 3. The Balaban J connectivity index is 0.000000206. The smallest absolute Gasteiger partial charge is 0.310 e. The van der Waals surface area contributed by atoms with Crippen molar-refractivity contribution in [3.63, 3.8) is 0 Å². The van der Waals surface area contributed by atoms with Crippen LogP contribution in [0.2, 0.25) is 0 Å². The van der Waals surface area contributed by atoms with Crippen molar-refractivity contribution < 1.29 is 29.0 Å². The van der Waals surface area contributed by atoms with Gasteiger partial charge in [-0.25, -0.2) is 19.9 Å². The second kappa shape index (κ2) is 19.9. The fourth-order valence-electron chi connectivity index (χ4n) is 4.69. The van der Waals surface area contributed by atoms with Crippen LogP contribution in [0.3, 0.4) is 0 Å². The van der Waals surface area contributed by atoms with E-state index in [1.54, 1.807) is 42.0 Å². The summed E-state index contributed by atoms with van der Waals surface area (Å²) >= 11 is 3.13. The summed E-state index contributed by atoms with van der Waals surface area (Å²) in [6, 6.07) is 27.4. The number of ether oxygens (including phenoxy) is 2. The Morgan fingerprint density at radius 1 is 0.630 bits per heavy atom. The molecule has 0 amide bonds. The van der Waals surface area contributed by atoms with Crippen LogP contribution in [-0.4, -0.2) is 43.0 Å². The zero-order valence-corrected chi connectivity index (χ0v) is 32.6. The van der Waals surface area contributed by atoms with Crippen molar-refractivity contribution in [3.05, 3.63) is 118 Å². The molecule has 6 rings (SSSR count). The average Bonchev–Trinajstić information content (AvgIpc) is 3.80. The van der Waals surface area contributed by atoms with Crippen molar-refractivity contribution in [2.24, 2.45) is 0 Å². The first-order valence-electron chi connectivity index (χ1n) is 16.8. The highest BCUT2D eigenvalue weighted by Gasteiger charge is 2.13. The fraction of sp³-hybridized carbons (Fsp3) is 0.225. The number of hydrogen-bond donors (Lipinski definition) is 3. The molecule has 3 N–H and O–H groups in total. The summed E-state index contributed by atoms with van der Waals surface area (Å²) in [7, 11) is 0. The van der Waals surface area contributed by atoms with Gasteiger partial charge in [0, 0.05) is 42.9 Å². The standard InChI is InChI=1S/C19H19N3O2S.C17H17N3OS.C4H6O3/c1-12-9-10-20-19(11-12)22-18-6-4-5-15(21-18)17-8-7-16(25-17)13(2)24-14(3)23;1-11-8-9-18-17(10-11)20-16-5-3-4-13(19-16)15-7-6-14(22-15)12(2)21;1-3(5)7-4(2)6/h4-11,13H,1-3H3,(H,20,21,22);3-10,12,21H,1-2H3,(H,18,19,20);1-2H3. The number of pyridine rings is 4. The van der Waals surface area contributed by atoms with Crippen molar-refractivity contribution in [2.75, 3.05) is 10.6 Å². The summed E-state index contributed by atoms with van der Waals surface area (Å²) < 4.78 is 9.20. The number of aryl methyl sites for hydroxylation is 2. The Bertz CT molecular complexity index is 2170. The Kier molecular flexibility index (Phi) is 15.0. The van der Waals surface area contributed by atoms with Gasteiger partial charge in [-0.1, -0.05) is 12.1 Å². The van der Waals surface area contributed by atoms with Crippen molar-refractivity contribution in [1.82, 2.24) is 19.9 Å². The number of thiophene rings is 2. The maximum atomic E-state index is 11.1. The molecule has 0 aliphatic heterocycles. The van der Waals surface area contributed by atoms with Gasteiger partial charge in [0.05, 0.1) is 27.2 Å². The van der Waals surface area contributed by atoms with E-state index in [1.165, 1.54) is 20.8 Å². The highest BCUT2D eigenvalue weighted by molar-refractivity contribution is 7.15. The van der Waals surface area contributed by atoms with Crippen LogP contribution >= 0.6 is 22.7 Å². The topological polar surface area (TPSA) is 166 Å². The van der Waals surface area contributed by atoms with E-state index in [1.807, 2.05) is 106 Å². The number of esters is 3. The van der Waals surface area contributed by atoms with E-state index in [-0.39, 0.29) is 12.1 Å². The third kappa shape index (κ3) is 13.3. The number of carbonyl (C=O) groups is 3. The number of nitrogens with zero attached hydrogens (tertiary/aromatic N) is 4. The van der Waals surface area contributed by atoms with Crippen molar-refractivity contribution in [1.29, 1.82) is 0 Å². The summed E-state index contributed by atoms with van der Waals surface area (Å²) in [5, 5.41) is 16.1. The zero-order valence-electron chi connectivity index (χ0n) is 31.0. The molecule has 0 spiro atoms. The molecule has 0 saturated heterocycles. The lowest BCUT2D eigenvalue weighted by atomic mass is 10.2. The predicted molar refractivity (Wildman–Crippen MR) is 213 cm³/mol. The fourth-order valence-corrected chi connectivity index (χ4v) is 6.56. The first-order chi connectivity index (χ1) is 25.7. The van der Waals surface area contributed by atoms with Crippen LogP contribution in [0.25, 0.3) is 21.1 Å². The molecule has 54 heavy (non-hydrogen) atoms. The Morgan fingerprint density at radius 3 is 1.48 bits per heavy atom. The van der Waals surface area contributed by atoms with Gasteiger partial charge in [-0.2, -0.15) is 0 Å². The predicted octanol–water partition coefficient (Wildman–Crippen LogP) is 9.29. The van der Waals surface area contributed by atoms with E-state index in [0.717, 1.165) is 65.3 Å². The quantitative estimate of drug-likeness (QED) is 0.0945. The van der Waals surface area contributed by atoms with Crippen molar-refractivity contribution >= 4 is 63.9 Å². The number of nitrogens with one attached hydrogen (secondary N) is 2. The van der Waals surface area contributed by atoms with E-state index in [0.29, 0.717) is 0 Å². The Labute approximate surface area is 322 Å². The molecule has 0 aromatic carbocycles. The lowest BCUT2D eigenvalue weighted by Gasteiger charge is -2.09. The van der Waals surface area contributed by atoms with Crippen molar-refractivity contribution in [3.8, 4) is 21.1 Å². The van der Waals surface area contributed by atoms with Gasteiger partial charge < -0.3 is 25.2 Å². The number of hydrogen-bond acceptors (Lipinski definition) is 14. The lowest BCUT2D eigenvalue weighted by Crippen LogP contribution is -2.03. The molecule has 0 radical (unpaired) electrons. The van der Waals surface area contributed by atoms with Crippen LogP contribution in [0.4, 0.5) is 23.3 Å². The third-order valence-electron chi connectivity index (χ3n) is 7.04. The van der Waals surface area contributed by atoms with Gasteiger partial charge in [-0.15, -0.1) is 22.7 Å². The molecule has 2 unspecified atom stereocenters. The second-order valence-electron chi connectivity index (χ2n) is 11.9. The minimum absolute atomic E-state index is 0.256. The summed E-state index contributed by atoms with van der Waals surface area (Å²) in [5.74, 6) is 1.62. The van der Waals surface area contributed by atoms with Gasteiger partial charge in [0.1, 0.15) is 29.4 Å². The zero-order chi connectivity index (χ0) is 39.2. The monoisotopic (exact) mass is 766 g/mol. The largest absolute Gasteiger partial charge is 0.457 e. The molecular weight excluding hydrogens is 725 g/mol. The number of aromatic nitrogens is 4. The highest BCUT2D eigenvalue weighted by atomic mass is 32.1. The number of aliphatic hydroxyl groups is 1. The average molecular weight is 767 g/mol. The van der Waals surface area contributed by atoms with Crippen LogP contribution in [0.5, 0.6) is 0 Å². The number of anilines is 4. The summed E-state index contributed by atoms with van der Waals surface area (Å²) in [5.41, 5.74) is 4.03. The van der Waals surface area contributed by atoms with Gasteiger partial charge >= 0.3 is 17.9 Å². The first kappa shape index (κ1) is 40.9. The number of rotatable bonds is 9. The van der Waals surface area contributed by atoms with E-state index < -0.39 is 18.0 Å². The molecule has 0 aliphatic carbocycles. The molecule has 12 nitrogen and oxygen atoms in total. The molecule has 0 saturated carbocycles. The van der Waals surface area contributed by atoms with Crippen LogP contribution in [0, 0.1) is 13.8 Å². The van der Waals surface area contributed by atoms with E-state index in [9.17, 15) is 19.5 Å². The van der Waals surface area contributed by atoms with Crippen LogP contribution in [0.15, 0.2) is 97.3 Å². The summed E-state index contributed by atoms with van der Waals surface area (Å²) in [6.45, 7) is 11.5. The minimum atomic E-state index is -0.562. The van der Waals surface area contributed by atoms with Gasteiger partial charge in [0.15, 0.2) is 0 Å². The summed E-state index contributed by atoms with van der Waals surface area (Å²) in [6.07, 6.45) is 2.84. The molecule has 280 valence electrons. The Morgan fingerprint density at radius 2 is 1.09 bits per heavy atom. The van der Waals surface area contributed by atoms with E-state index >= 15 is 0 Å². The maximum Gasteiger partial charge on any atom is 0.310 e. The normalized spacial score (nSPS) is 11.4. The van der Waals surface area contributed by atoms with Crippen LogP contribution < -0.4 is 10.6 Å². The minimum Gasteiger partial charge on any atom is -0.457 e. The highest BCUT2D eigenvalue weighted by Crippen LogP contribution is 2.33. The molecule has 6 aromatic heterocycles. The molecule has 0 bridgehead atoms. The molecule has 14 heteroatoms. The van der Waals surface area contributed by atoms with Gasteiger partial charge in [0.25, 0.3) is 0 Å². The molecule has 0 fully saturated rings. The molecule has 0 aliphatic rings. The van der Waals surface area contributed by atoms with Crippen molar-refractivity contribution in [2.45, 2.75) is 60.7 Å². The van der Waals surface area contributed by atoms with Gasteiger partial charge in [0.2, 0.25) is 0 Å². The van der Waals surface area contributed by atoms with E-state index in [2.05, 4.69) is 35.3 Å². The maximum absolute atomic E-state index is 11.1. The Hall–Kier alpha value is -5.83. The lowest BCUT2D eigenvalue weighted by molar-refractivity contribution is -0.156. The molecule has 6 heterocycles. The second-order valence-corrected chi connectivity index (χ2v) is 14.2.